The number of nitrogens with one attached hydrogen (secondary N) is 1. The fourth-order valence-electron chi connectivity index (χ4n) is 2.08. The molecule has 3 atom stereocenters. The number of methoxy groups -OCH3 is 2. The van der Waals surface area contributed by atoms with Gasteiger partial charge in [0.25, 0.3) is 0 Å². The molecule has 0 saturated heterocycles. The Kier molecular flexibility index (Phi) is 7.16. The van der Waals surface area contributed by atoms with E-state index in [1.165, 1.54) is 14.2 Å². The van der Waals surface area contributed by atoms with Crippen LogP contribution < -0.4 is 5.32 Å². The van der Waals surface area contributed by atoms with Crippen molar-refractivity contribution >= 4 is 12.1 Å². The molecule has 0 aliphatic heterocycles. The molecule has 0 aliphatic carbocycles. The molecule has 0 heterocycles. The first-order chi connectivity index (χ1) is 10.5. The third kappa shape index (κ3) is 5.24. The summed E-state index contributed by atoms with van der Waals surface area (Å²) in [4.78, 5) is 23.0. The Morgan fingerprint density at radius 3 is 2.23 bits per heavy atom. The maximum absolute atomic E-state index is 11.6. The average molecular weight is 305 g/mol. The summed E-state index contributed by atoms with van der Waals surface area (Å²) in [6, 6.07) is 9.38. The molecule has 1 amide bonds. The molecule has 0 aromatic heterocycles. The zero-order valence-corrected chi connectivity index (χ0v) is 13.4. The number of alkyl carbamates (subject to hydrolysis) is 1. The molecule has 22 heavy (non-hydrogen) atoms. The summed E-state index contributed by atoms with van der Waals surface area (Å²) >= 11 is 0. The lowest BCUT2D eigenvalue weighted by atomic mass is 9.93. The fraction of sp³-hybridized carbons (Fsp3) is 0.412. The Morgan fingerprint density at radius 2 is 1.68 bits per heavy atom. The summed E-state index contributed by atoms with van der Waals surface area (Å²) in [5, 5.41) is 2.82. The third-order valence-electron chi connectivity index (χ3n) is 3.42. The summed E-state index contributed by atoms with van der Waals surface area (Å²) < 4.78 is 9.38. The summed E-state index contributed by atoms with van der Waals surface area (Å²) in [7, 11) is 2.69. The van der Waals surface area contributed by atoms with E-state index in [0.717, 1.165) is 5.56 Å². The largest absolute Gasteiger partial charge is 0.469 e. The highest BCUT2D eigenvalue weighted by atomic mass is 16.5. The van der Waals surface area contributed by atoms with Gasteiger partial charge in [-0.2, -0.15) is 0 Å². The monoisotopic (exact) mass is 305 g/mol. The minimum absolute atomic E-state index is 0.0198. The Hall–Kier alpha value is -2.30. The zero-order chi connectivity index (χ0) is 16.5. The van der Waals surface area contributed by atoms with Gasteiger partial charge in [-0.15, -0.1) is 0 Å². The van der Waals surface area contributed by atoms with Gasteiger partial charge in [-0.3, -0.25) is 4.79 Å². The van der Waals surface area contributed by atoms with Crippen molar-refractivity contribution in [3.63, 3.8) is 0 Å². The summed E-state index contributed by atoms with van der Waals surface area (Å²) in [5.41, 5.74) is 0.968. The van der Waals surface area contributed by atoms with Crippen molar-refractivity contribution in [1.82, 2.24) is 5.32 Å². The molecular formula is C17H23NO4. The molecule has 5 heteroatoms. The number of esters is 1. The van der Waals surface area contributed by atoms with Crippen LogP contribution in [0, 0.1) is 11.8 Å². The van der Waals surface area contributed by atoms with Crippen LogP contribution in [-0.4, -0.2) is 26.3 Å². The van der Waals surface area contributed by atoms with Crippen LogP contribution in [0.25, 0.3) is 0 Å². The van der Waals surface area contributed by atoms with E-state index in [9.17, 15) is 9.59 Å². The number of amides is 1. The highest BCUT2D eigenvalue weighted by molar-refractivity contribution is 5.73. The van der Waals surface area contributed by atoms with Crippen molar-refractivity contribution < 1.29 is 19.1 Å². The molecule has 0 unspecified atom stereocenters. The van der Waals surface area contributed by atoms with Crippen LogP contribution in [0.15, 0.2) is 42.5 Å². The number of rotatable bonds is 6. The lowest BCUT2D eigenvalue weighted by Crippen LogP contribution is -2.32. The maximum Gasteiger partial charge on any atom is 0.407 e. The SMILES string of the molecule is COC(=O)N[C@H](c1ccccc1)[C@H](C)/C=C/[C@@H](C)C(=O)OC. The van der Waals surface area contributed by atoms with Gasteiger partial charge < -0.3 is 14.8 Å². The Bertz CT molecular complexity index is 513. The van der Waals surface area contributed by atoms with E-state index in [0.29, 0.717) is 0 Å². The molecule has 120 valence electrons. The first-order valence-electron chi connectivity index (χ1n) is 7.15. The van der Waals surface area contributed by atoms with Crippen molar-refractivity contribution in [2.45, 2.75) is 19.9 Å². The number of carbonyl (C=O) groups excluding carboxylic acids is 2. The Labute approximate surface area is 131 Å². The van der Waals surface area contributed by atoms with Crippen LogP contribution in [0.5, 0.6) is 0 Å². The number of benzene rings is 1. The molecule has 0 spiro atoms. The third-order valence-corrected chi connectivity index (χ3v) is 3.42. The number of hydrogen-bond donors (Lipinski definition) is 1. The second kappa shape index (κ2) is 8.87. The van der Waals surface area contributed by atoms with Gasteiger partial charge in [0.2, 0.25) is 0 Å². The molecule has 0 bridgehead atoms. The summed E-state index contributed by atoms with van der Waals surface area (Å²) in [6.07, 6.45) is 3.19. The topological polar surface area (TPSA) is 64.6 Å². The van der Waals surface area contributed by atoms with Crippen LogP contribution in [0.1, 0.15) is 25.5 Å². The van der Waals surface area contributed by atoms with Gasteiger partial charge in [0.15, 0.2) is 0 Å². The zero-order valence-electron chi connectivity index (χ0n) is 13.4. The van der Waals surface area contributed by atoms with Crippen LogP contribution >= 0.6 is 0 Å². The smallest absolute Gasteiger partial charge is 0.407 e. The fourth-order valence-corrected chi connectivity index (χ4v) is 2.08. The van der Waals surface area contributed by atoms with E-state index in [2.05, 4.69) is 10.1 Å². The van der Waals surface area contributed by atoms with Gasteiger partial charge in [-0.25, -0.2) is 4.79 Å². The number of carbonyl (C=O) groups is 2. The lowest BCUT2D eigenvalue weighted by molar-refractivity contribution is -0.143. The van der Waals surface area contributed by atoms with Gasteiger partial charge in [0.1, 0.15) is 0 Å². The van der Waals surface area contributed by atoms with Crippen molar-refractivity contribution in [1.29, 1.82) is 0 Å². The van der Waals surface area contributed by atoms with Gasteiger partial charge in [-0.05, 0) is 18.4 Å². The second-order valence-corrected chi connectivity index (χ2v) is 5.08. The van der Waals surface area contributed by atoms with E-state index < -0.39 is 6.09 Å². The van der Waals surface area contributed by atoms with E-state index in [1.54, 1.807) is 13.0 Å². The minimum atomic E-state index is -0.491. The predicted octanol–water partition coefficient (Wildman–Crippen LogP) is 3.09. The molecule has 5 nitrogen and oxygen atoms in total. The first kappa shape index (κ1) is 17.8. The van der Waals surface area contributed by atoms with Crippen LogP contribution in [-0.2, 0) is 14.3 Å². The molecule has 1 rings (SSSR count). The molecule has 0 saturated carbocycles. The van der Waals surface area contributed by atoms with Crippen LogP contribution in [0.3, 0.4) is 0 Å². The average Bonchev–Trinajstić information content (AvgIpc) is 2.56. The van der Waals surface area contributed by atoms with E-state index in [-0.39, 0.29) is 23.8 Å². The van der Waals surface area contributed by atoms with Gasteiger partial charge in [-0.1, -0.05) is 49.4 Å². The van der Waals surface area contributed by atoms with Gasteiger partial charge >= 0.3 is 12.1 Å². The Morgan fingerprint density at radius 1 is 1.05 bits per heavy atom. The highest BCUT2D eigenvalue weighted by Gasteiger charge is 2.20. The molecule has 1 aromatic carbocycles. The molecule has 1 aromatic rings. The second-order valence-electron chi connectivity index (χ2n) is 5.08. The van der Waals surface area contributed by atoms with E-state index >= 15 is 0 Å². The standard InChI is InChI=1S/C17H23NO4/c1-12(10-11-13(2)16(19)21-3)15(18-17(20)22-4)14-8-6-5-7-9-14/h5-13,15H,1-4H3,(H,18,20)/b11-10+/t12-,13-,15+/m1/s1. The van der Waals surface area contributed by atoms with E-state index in [1.807, 2.05) is 43.3 Å². The highest BCUT2D eigenvalue weighted by Crippen LogP contribution is 2.23. The first-order valence-corrected chi connectivity index (χ1v) is 7.15. The van der Waals surface area contributed by atoms with E-state index in [4.69, 9.17) is 4.74 Å². The van der Waals surface area contributed by atoms with Gasteiger partial charge in [0, 0.05) is 0 Å². The molecular weight excluding hydrogens is 282 g/mol. The lowest BCUT2D eigenvalue weighted by Gasteiger charge is -2.23. The molecule has 0 aliphatic rings. The number of hydrogen-bond acceptors (Lipinski definition) is 4. The summed E-state index contributed by atoms with van der Waals surface area (Å²) in [6.45, 7) is 3.73. The number of ether oxygens (including phenoxy) is 2. The maximum atomic E-state index is 11.6. The van der Waals surface area contributed by atoms with Crippen molar-refractivity contribution in [3.8, 4) is 0 Å². The van der Waals surface area contributed by atoms with Crippen molar-refractivity contribution in [2.75, 3.05) is 14.2 Å². The van der Waals surface area contributed by atoms with Gasteiger partial charge in [0.05, 0.1) is 26.2 Å². The predicted molar refractivity (Wildman–Crippen MR) is 84.2 cm³/mol. The van der Waals surface area contributed by atoms with Crippen molar-refractivity contribution in [3.05, 3.63) is 48.0 Å². The quantitative estimate of drug-likeness (QED) is 0.648. The molecule has 0 radical (unpaired) electrons. The summed E-state index contributed by atoms with van der Waals surface area (Å²) in [5.74, 6) is -0.642. The minimum Gasteiger partial charge on any atom is -0.469 e. The molecule has 0 fully saturated rings. The van der Waals surface area contributed by atoms with Crippen molar-refractivity contribution in [2.24, 2.45) is 11.8 Å². The normalized spacial score (nSPS) is 14.9. The van der Waals surface area contributed by atoms with Crippen LogP contribution in [0.4, 0.5) is 4.79 Å². The molecule has 1 N–H and O–H groups in total. The van der Waals surface area contributed by atoms with Crippen LogP contribution in [0.2, 0.25) is 0 Å². The Balaban J connectivity index is 2.89.